The third-order valence-corrected chi connectivity index (χ3v) is 2.51. The van der Waals surface area contributed by atoms with Crippen molar-refractivity contribution in [3.8, 4) is 0 Å². The summed E-state index contributed by atoms with van der Waals surface area (Å²) in [4.78, 5) is 0. The van der Waals surface area contributed by atoms with Gasteiger partial charge in [0.1, 0.15) is 5.82 Å². The van der Waals surface area contributed by atoms with Crippen molar-refractivity contribution in [3.05, 3.63) is 33.1 Å². The van der Waals surface area contributed by atoms with E-state index in [4.69, 9.17) is 5.73 Å². The quantitative estimate of drug-likeness (QED) is 0.817. The Balaban J connectivity index is 3.01. The topological polar surface area (TPSA) is 46.2 Å². The number of halogens is 2. The molecule has 72 valence electrons. The number of aliphatic hydroxyl groups excluding tert-OH is 1. The van der Waals surface area contributed by atoms with Gasteiger partial charge in [0, 0.05) is 9.13 Å². The van der Waals surface area contributed by atoms with Crippen LogP contribution in [0.25, 0.3) is 0 Å². The molecule has 0 fully saturated rings. The van der Waals surface area contributed by atoms with Crippen LogP contribution in [0.4, 0.5) is 4.39 Å². The summed E-state index contributed by atoms with van der Waals surface area (Å²) in [6.45, 7) is 1.54. The lowest BCUT2D eigenvalue weighted by molar-refractivity contribution is 0.162. The summed E-state index contributed by atoms with van der Waals surface area (Å²) in [6, 6.07) is 4.12. The van der Waals surface area contributed by atoms with E-state index in [1.807, 2.05) is 22.6 Å². The van der Waals surface area contributed by atoms with Crippen molar-refractivity contribution in [2.75, 3.05) is 0 Å². The van der Waals surface area contributed by atoms with Gasteiger partial charge in [0.15, 0.2) is 0 Å². The van der Waals surface area contributed by atoms with Gasteiger partial charge in [-0.1, -0.05) is 6.07 Å². The zero-order chi connectivity index (χ0) is 10.0. The molecule has 0 unspecified atom stereocenters. The van der Waals surface area contributed by atoms with Gasteiger partial charge in [0.2, 0.25) is 0 Å². The third kappa shape index (κ3) is 2.62. The molecule has 3 N–H and O–H groups in total. The molecule has 0 heterocycles. The van der Waals surface area contributed by atoms with Crippen molar-refractivity contribution in [3.63, 3.8) is 0 Å². The minimum absolute atomic E-state index is 0.357. The first-order chi connectivity index (χ1) is 6.02. The first-order valence-corrected chi connectivity index (χ1v) is 4.99. The van der Waals surface area contributed by atoms with Crippen molar-refractivity contribution >= 4 is 22.6 Å². The molecule has 0 saturated heterocycles. The summed E-state index contributed by atoms with van der Waals surface area (Å²) in [5.74, 6) is -0.361. The average molecular weight is 295 g/mol. The minimum atomic E-state index is -0.741. The van der Waals surface area contributed by atoms with Gasteiger partial charge in [-0.05, 0) is 41.6 Å². The van der Waals surface area contributed by atoms with E-state index in [1.54, 1.807) is 19.1 Å². The molecule has 0 saturated carbocycles. The second kappa shape index (κ2) is 4.34. The fraction of sp³-hybridized carbons (Fsp3) is 0.333. The SMILES string of the molecule is C[C@@H](O)[C@H](N)c1ccc(I)cc1F. The Morgan fingerprint density at radius 2 is 2.15 bits per heavy atom. The van der Waals surface area contributed by atoms with Crippen molar-refractivity contribution in [2.45, 2.75) is 19.1 Å². The number of hydrogen-bond acceptors (Lipinski definition) is 2. The summed E-state index contributed by atoms with van der Waals surface area (Å²) in [7, 11) is 0. The number of benzene rings is 1. The molecule has 0 amide bonds. The molecule has 0 spiro atoms. The lowest BCUT2D eigenvalue weighted by Gasteiger charge is -2.15. The van der Waals surface area contributed by atoms with Crippen LogP contribution in [-0.4, -0.2) is 11.2 Å². The number of rotatable bonds is 2. The first-order valence-electron chi connectivity index (χ1n) is 3.91. The van der Waals surface area contributed by atoms with E-state index in [2.05, 4.69) is 0 Å². The van der Waals surface area contributed by atoms with E-state index in [-0.39, 0.29) is 5.82 Å². The number of aliphatic hydroxyl groups is 1. The highest BCUT2D eigenvalue weighted by atomic mass is 127. The zero-order valence-corrected chi connectivity index (χ0v) is 9.32. The molecule has 2 atom stereocenters. The van der Waals surface area contributed by atoms with Gasteiger partial charge < -0.3 is 10.8 Å². The van der Waals surface area contributed by atoms with Crippen LogP contribution >= 0.6 is 22.6 Å². The lowest BCUT2D eigenvalue weighted by Crippen LogP contribution is -2.24. The number of hydrogen-bond donors (Lipinski definition) is 2. The summed E-state index contributed by atoms with van der Waals surface area (Å²) >= 11 is 2.02. The van der Waals surface area contributed by atoms with Gasteiger partial charge in [0.05, 0.1) is 12.1 Å². The van der Waals surface area contributed by atoms with Crippen LogP contribution in [0.1, 0.15) is 18.5 Å². The Bertz CT molecular complexity index is 304. The Morgan fingerprint density at radius 3 is 2.62 bits per heavy atom. The number of nitrogens with two attached hydrogens (primary N) is 1. The largest absolute Gasteiger partial charge is 0.391 e. The van der Waals surface area contributed by atoms with E-state index in [9.17, 15) is 9.50 Å². The van der Waals surface area contributed by atoms with Gasteiger partial charge in [-0.25, -0.2) is 4.39 Å². The van der Waals surface area contributed by atoms with Crippen molar-refractivity contribution in [1.82, 2.24) is 0 Å². The van der Waals surface area contributed by atoms with Crippen LogP contribution < -0.4 is 5.73 Å². The van der Waals surface area contributed by atoms with Gasteiger partial charge in [-0.2, -0.15) is 0 Å². The molecule has 1 rings (SSSR count). The Hall–Kier alpha value is -0.200. The molecular weight excluding hydrogens is 284 g/mol. The van der Waals surface area contributed by atoms with Crippen LogP contribution in [0.15, 0.2) is 18.2 Å². The van der Waals surface area contributed by atoms with Crippen LogP contribution in [0.2, 0.25) is 0 Å². The van der Waals surface area contributed by atoms with Crippen LogP contribution in [0.3, 0.4) is 0 Å². The van der Waals surface area contributed by atoms with Crippen LogP contribution in [-0.2, 0) is 0 Å². The van der Waals surface area contributed by atoms with Crippen LogP contribution in [0, 0.1) is 9.39 Å². The molecule has 0 radical (unpaired) electrons. The van der Waals surface area contributed by atoms with E-state index in [0.717, 1.165) is 3.57 Å². The molecule has 4 heteroatoms. The highest BCUT2D eigenvalue weighted by molar-refractivity contribution is 14.1. The molecule has 0 aliphatic carbocycles. The monoisotopic (exact) mass is 295 g/mol. The maximum atomic E-state index is 13.3. The summed E-state index contributed by atoms with van der Waals surface area (Å²) in [5, 5.41) is 9.17. The molecule has 0 aromatic heterocycles. The van der Waals surface area contributed by atoms with Gasteiger partial charge in [0.25, 0.3) is 0 Å². The van der Waals surface area contributed by atoms with Gasteiger partial charge in [-0.15, -0.1) is 0 Å². The second-order valence-corrected chi connectivity index (χ2v) is 4.18. The fourth-order valence-electron chi connectivity index (χ4n) is 1.03. The molecular formula is C9H11FINO. The molecule has 1 aromatic carbocycles. The molecule has 0 bridgehead atoms. The molecule has 1 aromatic rings. The van der Waals surface area contributed by atoms with Gasteiger partial charge in [-0.3, -0.25) is 0 Å². The maximum absolute atomic E-state index is 13.3. The Labute approximate surface area is 90.1 Å². The first kappa shape index (κ1) is 10.9. The maximum Gasteiger partial charge on any atom is 0.129 e. The van der Waals surface area contributed by atoms with Crippen LogP contribution in [0.5, 0.6) is 0 Å². The molecule has 0 aliphatic heterocycles. The Morgan fingerprint density at radius 1 is 1.54 bits per heavy atom. The zero-order valence-electron chi connectivity index (χ0n) is 7.17. The molecule has 0 aliphatic rings. The molecule has 2 nitrogen and oxygen atoms in total. The fourth-order valence-corrected chi connectivity index (χ4v) is 1.48. The minimum Gasteiger partial charge on any atom is -0.391 e. The normalized spacial score (nSPS) is 15.5. The van der Waals surface area contributed by atoms with E-state index < -0.39 is 12.1 Å². The smallest absolute Gasteiger partial charge is 0.129 e. The van der Waals surface area contributed by atoms with E-state index >= 15 is 0 Å². The lowest BCUT2D eigenvalue weighted by atomic mass is 10.0. The van der Waals surface area contributed by atoms with E-state index in [0.29, 0.717) is 5.56 Å². The Kier molecular flexibility index (Phi) is 3.63. The van der Waals surface area contributed by atoms with E-state index in [1.165, 1.54) is 6.07 Å². The predicted molar refractivity (Wildman–Crippen MR) is 57.7 cm³/mol. The summed E-state index contributed by atoms with van der Waals surface area (Å²) in [5.41, 5.74) is 5.95. The summed E-state index contributed by atoms with van der Waals surface area (Å²) < 4.78 is 14.1. The predicted octanol–water partition coefficient (Wildman–Crippen LogP) is 1.81. The molecule has 13 heavy (non-hydrogen) atoms. The van der Waals surface area contributed by atoms with Crippen molar-refractivity contribution in [1.29, 1.82) is 0 Å². The highest BCUT2D eigenvalue weighted by Gasteiger charge is 2.15. The average Bonchev–Trinajstić information content (AvgIpc) is 2.03. The third-order valence-electron chi connectivity index (χ3n) is 1.84. The highest BCUT2D eigenvalue weighted by Crippen LogP contribution is 2.19. The second-order valence-electron chi connectivity index (χ2n) is 2.93. The van der Waals surface area contributed by atoms with Gasteiger partial charge >= 0.3 is 0 Å². The van der Waals surface area contributed by atoms with Crippen molar-refractivity contribution in [2.24, 2.45) is 5.73 Å². The summed E-state index contributed by atoms with van der Waals surface area (Å²) in [6.07, 6.45) is -0.741. The standard InChI is InChI=1S/C9H11FINO/c1-5(13)9(12)7-3-2-6(11)4-8(7)10/h2-5,9,13H,12H2,1H3/t5-,9+/m1/s1. The van der Waals surface area contributed by atoms with Crippen molar-refractivity contribution < 1.29 is 9.50 Å².